The largest absolute Gasteiger partial charge is 0.345 e. The molecule has 2 aromatic rings. The van der Waals surface area contributed by atoms with Crippen LogP contribution in [0.5, 0.6) is 0 Å². The van der Waals surface area contributed by atoms with Gasteiger partial charge in [0.15, 0.2) is 11.0 Å². The van der Waals surface area contributed by atoms with E-state index in [4.69, 9.17) is 23.2 Å². The molecule has 9 nitrogen and oxygen atoms in total. The number of hydrogen-bond donors (Lipinski definition) is 3. The van der Waals surface area contributed by atoms with Gasteiger partial charge in [-0.15, -0.1) is 0 Å². The van der Waals surface area contributed by atoms with Crippen molar-refractivity contribution in [1.29, 1.82) is 0 Å². The van der Waals surface area contributed by atoms with Crippen molar-refractivity contribution >= 4 is 59.2 Å². The number of rotatable bonds is 8. The van der Waals surface area contributed by atoms with E-state index < -0.39 is 24.9 Å². The van der Waals surface area contributed by atoms with Crippen LogP contribution in [-0.2, 0) is 22.0 Å². The first-order chi connectivity index (χ1) is 15.4. The van der Waals surface area contributed by atoms with E-state index in [0.717, 1.165) is 9.87 Å². The third-order valence-corrected chi connectivity index (χ3v) is 7.54. The Balaban J connectivity index is 1.88. The number of halogens is 2. The molecule has 33 heavy (non-hydrogen) atoms. The molecule has 1 unspecified atom stereocenters. The van der Waals surface area contributed by atoms with Gasteiger partial charge in [0.1, 0.15) is 6.29 Å². The van der Waals surface area contributed by atoms with Gasteiger partial charge < -0.3 is 20.0 Å². The van der Waals surface area contributed by atoms with E-state index in [9.17, 15) is 23.4 Å². The summed E-state index contributed by atoms with van der Waals surface area (Å²) in [5.41, 5.74) is 1.86. The lowest BCUT2D eigenvalue weighted by Crippen LogP contribution is -2.41. The lowest BCUT2D eigenvalue weighted by atomic mass is 10.1. The molecule has 0 bridgehead atoms. The average molecular weight is 535 g/mol. The SMILES string of the molecule is CN(C)CCNC(=O)N1CCc2cc(N(CP(=O)(O)O)S(=O)c3cc(Cl)cc(Cl)c3)ccc21. The molecule has 1 heterocycles. The smallest absolute Gasteiger partial charge is 0.336 e. The maximum Gasteiger partial charge on any atom is 0.345 e. The number of urea groups is 1. The molecule has 0 saturated carbocycles. The number of hydrogen-bond acceptors (Lipinski definition) is 4. The van der Waals surface area contributed by atoms with Gasteiger partial charge in [-0.2, -0.15) is 0 Å². The highest BCUT2D eigenvalue weighted by Crippen LogP contribution is 2.40. The van der Waals surface area contributed by atoms with Gasteiger partial charge >= 0.3 is 13.6 Å². The van der Waals surface area contributed by atoms with E-state index in [1.54, 1.807) is 23.1 Å². The van der Waals surface area contributed by atoms with Crippen LogP contribution in [0, 0.1) is 0 Å². The minimum atomic E-state index is -4.57. The first-order valence-electron chi connectivity index (χ1n) is 9.98. The predicted molar refractivity (Wildman–Crippen MR) is 132 cm³/mol. The zero-order valence-electron chi connectivity index (χ0n) is 18.1. The summed E-state index contributed by atoms with van der Waals surface area (Å²) in [6.45, 7) is 1.69. The molecule has 0 aromatic heterocycles. The summed E-state index contributed by atoms with van der Waals surface area (Å²) in [6.07, 6.45) is -0.207. The number of nitrogens with zero attached hydrogens (tertiary/aromatic N) is 3. The molecule has 3 rings (SSSR count). The van der Waals surface area contributed by atoms with Crippen molar-refractivity contribution < 1.29 is 23.4 Å². The van der Waals surface area contributed by atoms with E-state index in [-0.39, 0.29) is 21.0 Å². The summed E-state index contributed by atoms with van der Waals surface area (Å²) in [5, 5.41) is 3.39. The number of anilines is 2. The molecule has 0 spiro atoms. The Bertz CT molecular complexity index is 1090. The van der Waals surface area contributed by atoms with Crippen LogP contribution in [0.15, 0.2) is 41.3 Å². The van der Waals surface area contributed by atoms with Crippen LogP contribution >= 0.6 is 30.8 Å². The van der Waals surface area contributed by atoms with E-state index in [0.29, 0.717) is 37.4 Å². The molecule has 13 heteroatoms. The second kappa shape index (κ2) is 10.7. The number of carbonyl (C=O) groups is 1. The fraction of sp³-hybridized carbons (Fsp3) is 0.350. The first-order valence-corrected chi connectivity index (χ1v) is 13.6. The minimum Gasteiger partial charge on any atom is -0.336 e. The highest BCUT2D eigenvalue weighted by Gasteiger charge is 2.29. The molecule has 0 radical (unpaired) electrons. The summed E-state index contributed by atoms with van der Waals surface area (Å²) >= 11 is 12.0. The monoisotopic (exact) mass is 534 g/mol. The van der Waals surface area contributed by atoms with Gasteiger partial charge in [0.05, 0.1) is 10.6 Å². The van der Waals surface area contributed by atoms with Gasteiger partial charge in [-0.25, -0.2) is 9.00 Å². The molecule has 180 valence electrons. The number of carbonyl (C=O) groups excluding carboxylic acids is 1. The van der Waals surface area contributed by atoms with Crippen molar-refractivity contribution in [1.82, 2.24) is 10.2 Å². The van der Waals surface area contributed by atoms with Crippen LogP contribution < -0.4 is 14.5 Å². The summed E-state index contributed by atoms with van der Waals surface area (Å²) < 4.78 is 26.2. The second-order valence-corrected chi connectivity index (χ2v) is 11.7. The number of amides is 2. The fourth-order valence-corrected chi connectivity index (χ4v) is 6.43. The summed E-state index contributed by atoms with van der Waals surface area (Å²) in [5.74, 6) is 0. The Morgan fingerprint density at radius 2 is 1.85 bits per heavy atom. The molecule has 3 N–H and O–H groups in total. The Morgan fingerprint density at radius 1 is 1.18 bits per heavy atom. The van der Waals surface area contributed by atoms with Crippen molar-refractivity contribution in [2.75, 3.05) is 49.2 Å². The lowest BCUT2D eigenvalue weighted by Gasteiger charge is -2.25. The molecule has 0 aliphatic carbocycles. The fourth-order valence-electron chi connectivity index (χ4n) is 3.39. The van der Waals surface area contributed by atoms with Crippen LogP contribution in [0.1, 0.15) is 5.56 Å². The maximum absolute atomic E-state index is 13.3. The summed E-state index contributed by atoms with van der Waals surface area (Å²) in [6, 6.07) is 9.11. The van der Waals surface area contributed by atoms with E-state index in [1.807, 2.05) is 19.0 Å². The van der Waals surface area contributed by atoms with Gasteiger partial charge in [0.2, 0.25) is 0 Å². The standard InChI is InChI=1S/C20H25Cl2N4O5PS/c1-24(2)8-6-23-20(27)25-7-5-14-9-17(3-4-19(14)25)26(13-32(28,29)30)33(31)18-11-15(21)10-16(22)12-18/h3-4,9-12H,5-8,13H2,1-2H3,(H,23,27)(H2,28,29,30). The molecule has 2 aromatic carbocycles. The zero-order chi connectivity index (χ0) is 24.3. The van der Waals surface area contributed by atoms with Gasteiger partial charge in [-0.3, -0.25) is 13.8 Å². The number of likely N-dealkylation sites (N-methyl/N-ethyl adjacent to an activating group) is 1. The molecule has 2 amide bonds. The average Bonchev–Trinajstić information content (AvgIpc) is 3.13. The Morgan fingerprint density at radius 3 is 2.45 bits per heavy atom. The molecule has 0 fully saturated rings. The van der Waals surface area contributed by atoms with E-state index in [2.05, 4.69) is 5.32 Å². The first kappa shape index (κ1) is 26.0. The minimum absolute atomic E-state index is 0.211. The third kappa shape index (κ3) is 6.93. The van der Waals surface area contributed by atoms with Crippen LogP contribution in [0.25, 0.3) is 0 Å². The summed E-state index contributed by atoms with van der Waals surface area (Å²) in [7, 11) is -2.71. The molecule has 1 aliphatic rings. The Kier molecular flexibility index (Phi) is 8.45. The summed E-state index contributed by atoms with van der Waals surface area (Å²) in [4.78, 5) is 35.6. The van der Waals surface area contributed by atoms with Crippen molar-refractivity contribution in [2.24, 2.45) is 0 Å². The molecular weight excluding hydrogens is 510 g/mol. The lowest BCUT2D eigenvalue weighted by molar-refractivity contribution is 0.245. The number of nitrogens with one attached hydrogen (secondary N) is 1. The van der Waals surface area contributed by atoms with E-state index >= 15 is 0 Å². The molecule has 0 saturated heterocycles. The highest BCUT2D eigenvalue weighted by molar-refractivity contribution is 7.87. The molecule has 1 atom stereocenters. The van der Waals surface area contributed by atoms with Crippen molar-refractivity contribution in [2.45, 2.75) is 11.3 Å². The zero-order valence-corrected chi connectivity index (χ0v) is 21.3. The van der Waals surface area contributed by atoms with Gasteiger partial charge in [0, 0.05) is 35.4 Å². The van der Waals surface area contributed by atoms with Crippen molar-refractivity contribution in [3.63, 3.8) is 0 Å². The number of benzene rings is 2. The Hall–Kier alpha value is -1.65. The predicted octanol–water partition coefficient (Wildman–Crippen LogP) is 3.29. The van der Waals surface area contributed by atoms with Crippen molar-refractivity contribution in [3.8, 4) is 0 Å². The topological polar surface area (TPSA) is 113 Å². The van der Waals surface area contributed by atoms with Gasteiger partial charge in [-0.05, 0) is 62.5 Å². The number of fused-ring (bicyclic) bond motifs is 1. The van der Waals surface area contributed by atoms with Crippen molar-refractivity contribution in [3.05, 3.63) is 52.0 Å². The highest BCUT2D eigenvalue weighted by atomic mass is 35.5. The van der Waals surface area contributed by atoms with Crippen LogP contribution in [0.4, 0.5) is 16.2 Å². The van der Waals surface area contributed by atoms with Gasteiger partial charge in [-0.1, -0.05) is 23.2 Å². The quantitative estimate of drug-likeness (QED) is 0.448. The molecule has 1 aliphatic heterocycles. The van der Waals surface area contributed by atoms with Crippen LogP contribution in [-0.4, -0.2) is 64.9 Å². The van der Waals surface area contributed by atoms with Crippen LogP contribution in [0.2, 0.25) is 10.0 Å². The Labute approximate surface area is 205 Å². The normalized spacial score (nSPS) is 14.3. The second-order valence-electron chi connectivity index (χ2n) is 7.79. The van der Waals surface area contributed by atoms with Gasteiger partial charge in [0.25, 0.3) is 0 Å². The maximum atomic E-state index is 13.3. The van der Waals surface area contributed by atoms with Crippen LogP contribution in [0.3, 0.4) is 0 Å². The van der Waals surface area contributed by atoms with E-state index in [1.165, 1.54) is 18.2 Å². The third-order valence-electron chi connectivity index (χ3n) is 4.88. The molecular formula is C20H25Cl2N4O5PS.